The van der Waals surface area contributed by atoms with Crippen LogP contribution in [0.15, 0.2) is 18.2 Å². The van der Waals surface area contributed by atoms with Crippen molar-refractivity contribution in [2.24, 2.45) is 0 Å². The average molecular weight is 282 g/mol. The molecule has 2 N–H and O–H groups in total. The summed E-state index contributed by atoms with van der Waals surface area (Å²) in [7, 11) is 4.82. The number of likely N-dealkylation sites (N-methyl/N-ethyl adjacent to an activating group) is 1. The van der Waals surface area contributed by atoms with Gasteiger partial charge in [-0.3, -0.25) is 0 Å². The van der Waals surface area contributed by atoms with Crippen molar-refractivity contribution in [2.75, 3.05) is 41.0 Å². The van der Waals surface area contributed by atoms with Crippen molar-refractivity contribution in [3.63, 3.8) is 0 Å². The molecule has 0 spiro atoms. The SMILES string of the molecule is COc1ccc(CCNC(=O)N(C)CCO)cc1OC. The number of carbonyl (C=O) groups is 1. The number of amides is 2. The number of nitrogens with one attached hydrogen (secondary N) is 1. The molecule has 0 fully saturated rings. The first-order valence-corrected chi connectivity index (χ1v) is 6.43. The van der Waals surface area contributed by atoms with Crippen molar-refractivity contribution in [3.8, 4) is 11.5 Å². The van der Waals surface area contributed by atoms with Crippen molar-refractivity contribution >= 4 is 6.03 Å². The second-order valence-corrected chi connectivity index (χ2v) is 4.32. The lowest BCUT2D eigenvalue weighted by Crippen LogP contribution is -2.39. The number of hydrogen-bond donors (Lipinski definition) is 2. The number of ether oxygens (including phenoxy) is 2. The summed E-state index contributed by atoms with van der Waals surface area (Å²) in [5.41, 5.74) is 1.05. The van der Waals surface area contributed by atoms with Crippen LogP contribution in [0.1, 0.15) is 5.56 Å². The maximum Gasteiger partial charge on any atom is 0.317 e. The van der Waals surface area contributed by atoms with Crippen LogP contribution in [0.25, 0.3) is 0 Å². The number of urea groups is 1. The molecule has 6 heteroatoms. The molecule has 0 unspecified atom stereocenters. The van der Waals surface area contributed by atoms with Crippen LogP contribution in [0.2, 0.25) is 0 Å². The molecule has 0 aliphatic rings. The standard InChI is InChI=1S/C14H22N2O4/c1-16(8-9-17)14(18)15-7-6-11-4-5-12(19-2)13(10-11)20-3/h4-5,10,17H,6-9H2,1-3H3,(H,15,18). The van der Waals surface area contributed by atoms with E-state index in [1.54, 1.807) is 21.3 Å². The van der Waals surface area contributed by atoms with Gasteiger partial charge in [0.05, 0.1) is 20.8 Å². The highest BCUT2D eigenvalue weighted by Gasteiger charge is 2.08. The number of hydrogen-bond acceptors (Lipinski definition) is 4. The molecule has 1 aromatic rings. The molecule has 0 aliphatic carbocycles. The molecule has 0 radical (unpaired) electrons. The van der Waals surface area contributed by atoms with E-state index < -0.39 is 0 Å². The van der Waals surface area contributed by atoms with Crippen LogP contribution in [-0.2, 0) is 6.42 Å². The van der Waals surface area contributed by atoms with Gasteiger partial charge in [-0.1, -0.05) is 6.07 Å². The minimum absolute atomic E-state index is 0.0421. The van der Waals surface area contributed by atoms with Gasteiger partial charge in [0.25, 0.3) is 0 Å². The molecule has 6 nitrogen and oxygen atoms in total. The Balaban J connectivity index is 2.48. The van der Waals surface area contributed by atoms with Crippen LogP contribution in [0.4, 0.5) is 4.79 Å². The smallest absolute Gasteiger partial charge is 0.317 e. The summed E-state index contributed by atoms with van der Waals surface area (Å²) in [6.07, 6.45) is 0.694. The van der Waals surface area contributed by atoms with E-state index in [1.165, 1.54) is 4.90 Å². The van der Waals surface area contributed by atoms with E-state index in [0.717, 1.165) is 5.56 Å². The first-order valence-electron chi connectivity index (χ1n) is 6.43. The Kier molecular flexibility index (Phi) is 6.66. The molecule has 0 aromatic heterocycles. The van der Waals surface area contributed by atoms with E-state index in [4.69, 9.17) is 14.6 Å². The number of rotatable bonds is 7. The summed E-state index contributed by atoms with van der Waals surface area (Å²) in [5.74, 6) is 1.36. The van der Waals surface area contributed by atoms with Gasteiger partial charge in [-0.05, 0) is 24.1 Å². The van der Waals surface area contributed by atoms with Gasteiger partial charge in [0.2, 0.25) is 0 Å². The van der Waals surface area contributed by atoms with Gasteiger partial charge in [0.15, 0.2) is 11.5 Å². The molecule has 0 saturated heterocycles. The van der Waals surface area contributed by atoms with Crippen LogP contribution in [0, 0.1) is 0 Å². The molecule has 0 atom stereocenters. The third-order valence-corrected chi connectivity index (χ3v) is 2.92. The highest BCUT2D eigenvalue weighted by molar-refractivity contribution is 5.73. The largest absolute Gasteiger partial charge is 0.493 e. The van der Waals surface area contributed by atoms with Crippen LogP contribution in [0.5, 0.6) is 11.5 Å². The fraction of sp³-hybridized carbons (Fsp3) is 0.500. The third-order valence-electron chi connectivity index (χ3n) is 2.92. The third kappa shape index (κ3) is 4.62. The van der Waals surface area contributed by atoms with Crippen LogP contribution in [-0.4, -0.2) is 57.0 Å². The van der Waals surface area contributed by atoms with Crippen LogP contribution < -0.4 is 14.8 Å². The molecule has 0 saturated carbocycles. The Morgan fingerprint density at radius 3 is 2.60 bits per heavy atom. The molecule has 0 aliphatic heterocycles. The summed E-state index contributed by atoms with van der Waals surface area (Å²) in [4.78, 5) is 13.0. The van der Waals surface area contributed by atoms with Gasteiger partial charge in [0.1, 0.15) is 0 Å². The Morgan fingerprint density at radius 1 is 1.30 bits per heavy atom. The highest BCUT2D eigenvalue weighted by atomic mass is 16.5. The maximum absolute atomic E-state index is 11.6. The number of aliphatic hydroxyl groups is 1. The molecule has 20 heavy (non-hydrogen) atoms. The van der Waals surface area contributed by atoms with Crippen molar-refractivity contribution in [2.45, 2.75) is 6.42 Å². The van der Waals surface area contributed by atoms with E-state index >= 15 is 0 Å². The Hall–Kier alpha value is -1.95. The lowest BCUT2D eigenvalue weighted by atomic mass is 10.1. The molecular formula is C14H22N2O4. The Morgan fingerprint density at radius 2 is 2.00 bits per heavy atom. The lowest BCUT2D eigenvalue weighted by molar-refractivity contribution is 0.190. The first-order chi connectivity index (χ1) is 9.62. The number of nitrogens with zero attached hydrogens (tertiary/aromatic N) is 1. The van der Waals surface area contributed by atoms with Gasteiger partial charge >= 0.3 is 6.03 Å². The van der Waals surface area contributed by atoms with Gasteiger partial charge < -0.3 is 24.8 Å². The Labute approximate surface area is 119 Å². The molecule has 0 heterocycles. The highest BCUT2D eigenvalue weighted by Crippen LogP contribution is 2.27. The zero-order valence-corrected chi connectivity index (χ0v) is 12.2. The van der Waals surface area contributed by atoms with Crippen molar-refractivity contribution < 1.29 is 19.4 Å². The van der Waals surface area contributed by atoms with E-state index in [0.29, 0.717) is 31.0 Å². The van der Waals surface area contributed by atoms with Gasteiger partial charge in [-0.2, -0.15) is 0 Å². The predicted octanol–water partition coefficient (Wildman–Crippen LogP) is 0.880. The number of benzene rings is 1. The molecular weight excluding hydrogens is 260 g/mol. The van der Waals surface area contributed by atoms with Gasteiger partial charge in [-0.15, -0.1) is 0 Å². The van der Waals surface area contributed by atoms with E-state index in [1.807, 2.05) is 18.2 Å². The van der Waals surface area contributed by atoms with Crippen molar-refractivity contribution in [3.05, 3.63) is 23.8 Å². The Bertz CT molecular complexity index is 437. The summed E-state index contributed by atoms with van der Waals surface area (Å²) in [5, 5.41) is 11.5. The second kappa shape index (κ2) is 8.27. The topological polar surface area (TPSA) is 71.0 Å². The monoisotopic (exact) mass is 282 g/mol. The van der Waals surface area contributed by atoms with Crippen molar-refractivity contribution in [1.82, 2.24) is 10.2 Å². The fourth-order valence-electron chi connectivity index (χ4n) is 1.74. The van der Waals surface area contributed by atoms with E-state index in [-0.39, 0.29) is 12.6 Å². The summed E-state index contributed by atoms with van der Waals surface area (Å²) < 4.78 is 10.4. The zero-order valence-electron chi connectivity index (χ0n) is 12.2. The number of carbonyl (C=O) groups excluding carboxylic acids is 1. The van der Waals surface area contributed by atoms with Crippen LogP contribution in [0.3, 0.4) is 0 Å². The quantitative estimate of drug-likeness (QED) is 0.779. The van der Waals surface area contributed by atoms with E-state index in [9.17, 15) is 4.79 Å². The molecule has 1 aromatic carbocycles. The van der Waals surface area contributed by atoms with Gasteiger partial charge in [-0.25, -0.2) is 4.79 Å². The second-order valence-electron chi connectivity index (χ2n) is 4.32. The fourth-order valence-corrected chi connectivity index (χ4v) is 1.74. The minimum atomic E-state index is -0.195. The molecule has 0 bridgehead atoms. The summed E-state index contributed by atoms with van der Waals surface area (Å²) in [6.45, 7) is 0.797. The predicted molar refractivity (Wildman–Crippen MR) is 76.4 cm³/mol. The van der Waals surface area contributed by atoms with Crippen LogP contribution >= 0.6 is 0 Å². The first kappa shape index (κ1) is 16.1. The number of aliphatic hydroxyl groups excluding tert-OH is 1. The average Bonchev–Trinajstić information content (AvgIpc) is 2.47. The maximum atomic E-state index is 11.6. The lowest BCUT2D eigenvalue weighted by Gasteiger charge is -2.16. The summed E-state index contributed by atoms with van der Waals surface area (Å²) in [6, 6.07) is 5.47. The normalized spacial score (nSPS) is 10.0. The zero-order chi connectivity index (χ0) is 15.0. The minimum Gasteiger partial charge on any atom is -0.493 e. The molecule has 1 rings (SSSR count). The van der Waals surface area contributed by atoms with Crippen molar-refractivity contribution in [1.29, 1.82) is 0 Å². The summed E-state index contributed by atoms with van der Waals surface area (Å²) >= 11 is 0. The number of methoxy groups -OCH3 is 2. The van der Waals surface area contributed by atoms with Gasteiger partial charge in [0, 0.05) is 20.1 Å². The van der Waals surface area contributed by atoms with E-state index in [2.05, 4.69) is 5.32 Å². The molecule has 112 valence electrons. The molecule has 2 amide bonds.